The van der Waals surface area contributed by atoms with Crippen LogP contribution in [0, 0.1) is 5.92 Å². The Labute approximate surface area is 245 Å². The van der Waals surface area contributed by atoms with Crippen LogP contribution in [-0.4, -0.2) is 65.9 Å². The predicted octanol–water partition coefficient (Wildman–Crippen LogP) is 6.87. The number of rotatable bonds is 8. The molecule has 40 heavy (non-hydrogen) atoms. The third-order valence-electron chi connectivity index (χ3n) is 8.44. The largest absolute Gasteiger partial charge is 0.378 e. The van der Waals surface area contributed by atoms with Gasteiger partial charge in [0.1, 0.15) is 9.52 Å². The summed E-state index contributed by atoms with van der Waals surface area (Å²) in [7, 11) is 17.6. The lowest BCUT2D eigenvalue weighted by Crippen LogP contribution is -2.23. The molecule has 0 heterocycles. The van der Waals surface area contributed by atoms with Gasteiger partial charge in [0.2, 0.25) is 0 Å². The molecular formula is C35H46N4Si. The van der Waals surface area contributed by atoms with E-state index in [-0.39, 0.29) is 0 Å². The van der Waals surface area contributed by atoms with Crippen molar-refractivity contribution in [1.29, 1.82) is 0 Å². The molecule has 4 rings (SSSR count). The summed E-state index contributed by atoms with van der Waals surface area (Å²) in [5.74, 6) is 0.484. The maximum Gasteiger partial charge on any atom is 0.117 e. The summed E-state index contributed by atoms with van der Waals surface area (Å²) < 4.78 is 0. The second kappa shape index (κ2) is 11.6. The molecule has 4 nitrogen and oxygen atoms in total. The van der Waals surface area contributed by atoms with E-state index in [2.05, 4.69) is 158 Å². The molecule has 0 aliphatic heterocycles. The van der Waals surface area contributed by atoms with Crippen molar-refractivity contribution in [3.05, 3.63) is 76.5 Å². The summed E-state index contributed by atoms with van der Waals surface area (Å²) in [4.78, 5) is 8.81. The average molecular weight is 551 g/mol. The summed E-state index contributed by atoms with van der Waals surface area (Å²) in [5, 5.41) is 2.98. The van der Waals surface area contributed by atoms with E-state index in [1.165, 1.54) is 66.9 Å². The van der Waals surface area contributed by atoms with E-state index in [1.54, 1.807) is 5.20 Å². The molecule has 0 saturated heterocycles. The van der Waals surface area contributed by atoms with Gasteiger partial charge in [0.15, 0.2) is 0 Å². The zero-order valence-corrected chi connectivity index (χ0v) is 27.6. The van der Waals surface area contributed by atoms with Crippen LogP contribution in [0.2, 0.25) is 0 Å². The van der Waals surface area contributed by atoms with Gasteiger partial charge in [-0.25, -0.2) is 0 Å². The van der Waals surface area contributed by atoms with E-state index in [1.807, 2.05) is 0 Å². The number of allylic oxidation sites excluding steroid dienone is 4. The summed E-state index contributed by atoms with van der Waals surface area (Å²) in [6, 6.07) is 20.8. The van der Waals surface area contributed by atoms with Gasteiger partial charge in [0.05, 0.1) is 0 Å². The quantitative estimate of drug-likeness (QED) is 0.284. The highest BCUT2D eigenvalue weighted by Gasteiger charge is 2.26. The second-order valence-electron chi connectivity index (χ2n) is 12.0. The fraction of sp³-hybridized carbons (Fsp3) is 0.371. The lowest BCUT2D eigenvalue weighted by Gasteiger charge is -2.24. The van der Waals surface area contributed by atoms with Crippen molar-refractivity contribution in [2.45, 2.75) is 27.7 Å². The zero-order chi connectivity index (χ0) is 29.5. The number of nitrogens with zero attached hydrogens (tertiary/aromatic N) is 4. The van der Waals surface area contributed by atoms with Gasteiger partial charge in [-0.05, 0) is 90.9 Å². The Balaban J connectivity index is 2.04. The third kappa shape index (κ3) is 5.71. The zero-order valence-electron chi connectivity index (χ0n) is 26.6. The van der Waals surface area contributed by atoms with Gasteiger partial charge in [-0.2, -0.15) is 0 Å². The second-order valence-corrected chi connectivity index (χ2v) is 13.3. The number of hydrogen-bond donors (Lipinski definition) is 0. The molecule has 3 aromatic carbocycles. The van der Waals surface area contributed by atoms with Crippen LogP contribution in [0.1, 0.15) is 27.7 Å². The maximum absolute atomic E-state index is 2.38. The number of benzene rings is 3. The molecule has 0 spiro atoms. The van der Waals surface area contributed by atoms with E-state index in [0.29, 0.717) is 15.4 Å². The lowest BCUT2D eigenvalue weighted by molar-refractivity contribution is 0.856. The summed E-state index contributed by atoms with van der Waals surface area (Å²) in [6.07, 6.45) is 0. The molecule has 1 aliphatic rings. The van der Waals surface area contributed by atoms with Crippen LogP contribution >= 0.6 is 0 Å². The highest BCUT2D eigenvalue weighted by molar-refractivity contribution is 6.63. The van der Waals surface area contributed by atoms with Crippen molar-refractivity contribution in [1.82, 2.24) is 0 Å². The average Bonchev–Trinajstić information content (AvgIpc) is 3.10. The molecule has 0 fully saturated rings. The van der Waals surface area contributed by atoms with Crippen molar-refractivity contribution in [3.8, 4) is 22.3 Å². The van der Waals surface area contributed by atoms with E-state index in [4.69, 9.17) is 0 Å². The van der Waals surface area contributed by atoms with E-state index >= 15 is 0 Å². The smallest absolute Gasteiger partial charge is 0.117 e. The van der Waals surface area contributed by atoms with Crippen LogP contribution in [0.15, 0.2) is 76.5 Å². The molecule has 1 atom stereocenters. The fourth-order valence-corrected chi connectivity index (χ4v) is 7.12. The molecule has 0 N–H and O–H groups in total. The molecule has 210 valence electrons. The van der Waals surface area contributed by atoms with Crippen LogP contribution in [0.3, 0.4) is 0 Å². The first-order valence-electron chi connectivity index (χ1n) is 14.1. The van der Waals surface area contributed by atoms with Gasteiger partial charge in [-0.3, -0.25) is 0 Å². The highest BCUT2D eigenvalue weighted by atomic mass is 28.2. The normalized spacial score (nSPS) is 15.2. The minimum Gasteiger partial charge on any atom is -0.378 e. The standard InChI is InChI=1S/C35H46N4Si/c1-22-23(2)25(4)35(24(22)3)40-33-15-13-14-32(26-16-28(36(5)6)20-29(17-26)37(7)8)34(33)27-18-30(38(9)10)21-31(19-27)39(11)12/h13-21,24H,1-12H3. The van der Waals surface area contributed by atoms with Crippen molar-refractivity contribution >= 4 is 37.5 Å². The molecule has 0 aromatic heterocycles. The Morgan fingerprint density at radius 2 is 1.02 bits per heavy atom. The molecule has 0 saturated carbocycles. The number of anilines is 4. The SMILES string of the molecule is CC1=C(C)C(C)C([Si]c2cccc(-c3cc(N(C)C)cc(N(C)C)c3)c2-c2cc(N(C)C)cc(N(C)C)c2)=C1C. The Morgan fingerprint density at radius 1 is 0.575 bits per heavy atom. The monoisotopic (exact) mass is 550 g/mol. The molecule has 5 heteroatoms. The van der Waals surface area contributed by atoms with Crippen molar-refractivity contribution in [2.24, 2.45) is 5.92 Å². The fourth-order valence-electron chi connectivity index (χ4n) is 5.44. The van der Waals surface area contributed by atoms with E-state index < -0.39 is 0 Å². The van der Waals surface area contributed by atoms with Crippen LogP contribution in [-0.2, 0) is 0 Å². The predicted molar refractivity (Wildman–Crippen MR) is 180 cm³/mol. The van der Waals surface area contributed by atoms with Gasteiger partial charge >= 0.3 is 0 Å². The van der Waals surface area contributed by atoms with Crippen LogP contribution < -0.4 is 24.8 Å². The van der Waals surface area contributed by atoms with Crippen molar-refractivity contribution in [3.63, 3.8) is 0 Å². The van der Waals surface area contributed by atoms with Crippen LogP contribution in [0.5, 0.6) is 0 Å². The van der Waals surface area contributed by atoms with Crippen LogP contribution in [0.4, 0.5) is 22.7 Å². The first-order valence-corrected chi connectivity index (χ1v) is 15.1. The van der Waals surface area contributed by atoms with Gasteiger partial charge in [0.25, 0.3) is 0 Å². The molecule has 1 unspecified atom stereocenters. The molecule has 2 radical (unpaired) electrons. The minimum atomic E-state index is 0.484. The minimum absolute atomic E-state index is 0.484. The van der Waals surface area contributed by atoms with Crippen molar-refractivity contribution in [2.75, 3.05) is 76.0 Å². The maximum atomic E-state index is 2.38. The highest BCUT2D eigenvalue weighted by Crippen LogP contribution is 2.40. The molecular weight excluding hydrogens is 504 g/mol. The molecule has 0 amide bonds. The topological polar surface area (TPSA) is 13.0 Å². The van der Waals surface area contributed by atoms with Crippen LogP contribution in [0.25, 0.3) is 22.3 Å². The van der Waals surface area contributed by atoms with Crippen molar-refractivity contribution < 1.29 is 0 Å². The third-order valence-corrected chi connectivity index (χ3v) is 10.2. The Morgan fingerprint density at radius 3 is 1.43 bits per heavy atom. The molecule has 1 aliphatic carbocycles. The first kappa shape index (κ1) is 29.5. The van der Waals surface area contributed by atoms with Gasteiger partial charge in [0, 0.05) is 79.1 Å². The van der Waals surface area contributed by atoms with Gasteiger partial charge in [-0.15, -0.1) is 0 Å². The van der Waals surface area contributed by atoms with Gasteiger partial charge in [-0.1, -0.05) is 46.7 Å². The lowest BCUT2D eigenvalue weighted by atomic mass is 9.93. The summed E-state index contributed by atoms with van der Waals surface area (Å²) in [5.41, 5.74) is 14.4. The van der Waals surface area contributed by atoms with Gasteiger partial charge < -0.3 is 19.6 Å². The Bertz CT molecular complexity index is 1420. The molecule has 3 aromatic rings. The summed E-state index contributed by atoms with van der Waals surface area (Å²) in [6.45, 7) is 9.28. The van der Waals surface area contributed by atoms with E-state index in [9.17, 15) is 0 Å². The molecule has 0 bridgehead atoms. The Hall–Kier alpha value is -3.44. The first-order chi connectivity index (χ1) is 18.8. The van der Waals surface area contributed by atoms with E-state index in [0.717, 1.165) is 0 Å². The Kier molecular flexibility index (Phi) is 8.55. The number of hydrogen-bond acceptors (Lipinski definition) is 4. The summed E-state index contributed by atoms with van der Waals surface area (Å²) >= 11 is 0.